The van der Waals surface area contributed by atoms with Gasteiger partial charge in [-0.1, -0.05) is 96.8 Å². The van der Waals surface area contributed by atoms with Crippen LogP contribution in [-0.2, 0) is 14.3 Å². The van der Waals surface area contributed by atoms with E-state index < -0.39 is 24.4 Å². The summed E-state index contributed by atoms with van der Waals surface area (Å²) in [4.78, 5) is 11.8. The SMILES string of the molecule is CCCCCCCCCCCCCCCCCC(=O)OC[C@H]1OC[C@@H](O)[C@@H](O)[C@@H]1O. The van der Waals surface area contributed by atoms with Gasteiger partial charge in [0.05, 0.1) is 6.61 Å². The van der Waals surface area contributed by atoms with Gasteiger partial charge >= 0.3 is 5.97 Å². The number of aliphatic hydroxyl groups is 3. The number of unbranched alkanes of at least 4 members (excludes halogenated alkanes) is 14. The molecule has 0 saturated carbocycles. The van der Waals surface area contributed by atoms with Crippen LogP contribution in [0.15, 0.2) is 0 Å². The van der Waals surface area contributed by atoms with E-state index in [1.54, 1.807) is 0 Å². The smallest absolute Gasteiger partial charge is 0.305 e. The summed E-state index contributed by atoms with van der Waals surface area (Å²) in [5, 5.41) is 28.8. The zero-order valence-electron chi connectivity index (χ0n) is 19.1. The molecular weight excluding hydrogens is 384 g/mol. The molecule has 6 nitrogen and oxygen atoms in total. The summed E-state index contributed by atoms with van der Waals surface area (Å²) in [5.74, 6) is -0.305. The lowest BCUT2D eigenvalue weighted by atomic mass is 10.0. The van der Waals surface area contributed by atoms with Crippen LogP contribution < -0.4 is 0 Å². The molecule has 0 radical (unpaired) electrons. The molecule has 0 aromatic heterocycles. The maximum Gasteiger partial charge on any atom is 0.305 e. The maximum atomic E-state index is 11.8. The molecule has 1 fully saturated rings. The molecule has 1 aliphatic rings. The second-order valence-corrected chi connectivity index (χ2v) is 8.80. The standard InChI is InChI=1S/C24H46O6/c1-2-3-4-5-6-7-8-9-10-11-12-13-14-15-16-17-22(26)30-19-21-24(28)23(27)20(25)18-29-21/h20-21,23-25,27-28H,2-19H2,1H3/t20-,21-,23-,24-/m1/s1. The van der Waals surface area contributed by atoms with Gasteiger partial charge in [0.25, 0.3) is 0 Å². The van der Waals surface area contributed by atoms with Gasteiger partial charge < -0.3 is 24.8 Å². The zero-order valence-corrected chi connectivity index (χ0v) is 19.1. The fourth-order valence-electron chi connectivity index (χ4n) is 3.90. The number of carbonyl (C=O) groups is 1. The molecule has 0 spiro atoms. The van der Waals surface area contributed by atoms with Crippen molar-refractivity contribution in [2.24, 2.45) is 0 Å². The van der Waals surface area contributed by atoms with Crippen molar-refractivity contribution in [1.29, 1.82) is 0 Å². The zero-order chi connectivity index (χ0) is 22.0. The molecule has 6 heteroatoms. The maximum absolute atomic E-state index is 11.8. The number of hydrogen-bond donors (Lipinski definition) is 3. The van der Waals surface area contributed by atoms with Crippen molar-refractivity contribution in [3.05, 3.63) is 0 Å². The van der Waals surface area contributed by atoms with E-state index in [4.69, 9.17) is 9.47 Å². The topological polar surface area (TPSA) is 96.2 Å². The second kappa shape index (κ2) is 17.9. The van der Waals surface area contributed by atoms with Gasteiger partial charge in [-0.25, -0.2) is 0 Å². The van der Waals surface area contributed by atoms with Crippen molar-refractivity contribution >= 4 is 5.97 Å². The minimum atomic E-state index is -1.27. The van der Waals surface area contributed by atoms with Crippen LogP contribution in [0.4, 0.5) is 0 Å². The fraction of sp³-hybridized carbons (Fsp3) is 0.958. The predicted molar refractivity (Wildman–Crippen MR) is 118 cm³/mol. The highest BCUT2D eigenvalue weighted by Gasteiger charge is 2.38. The lowest BCUT2D eigenvalue weighted by molar-refractivity contribution is -0.201. The highest BCUT2D eigenvalue weighted by molar-refractivity contribution is 5.69. The number of hydrogen-bond acceptors (Lipinski definition) is 6. The third-order valence-corrected chi connectivity index (χ3v) is 6.00. The van der Waals surface area contributed by atoms with Crippen molar-refractivity contribution in [1.82, 2.24) is 0 Å². The Morgan fingerprint density at radius 2 is 1.23 bits per heavy atom. The molecule has 1 heterocycles. The largest absolute Gasteiger partial charge is 0.463 e. The van der Waals surface area contributed by atoms with E-state index in [2.05, 4.69) is 6.92 Å². The molecule has 30 heavy (non-hydrogen) atoms. The number of ether oxygens (including phenoxy) is 2. The van der Waals surface area contributed by atoms with Crippen molar-refractivity contribution < 1.29 is 29.6 Å². The van der Waals surface area contributed by atoms with Crippen LogP contribution in [0.5, 0.6) is 0 Å². The Morgan fingerprint density at radius 3 is 1.73 bits per heavy atom. The third kappa shape index (κ3) is 12.9. The Morgan fingerprint density at radius 1 is 0.767 bits per heavy atom. The molecule has 1 saturated heterocycles. The van der Waals surface area contributed by atoms with Gasteiger partial charge in [0.1, 0.15) is 31.0 Å². The van der Waals surface area contributed by atoms with Gasteiger partial charge in [-0.05, 0) is 6.42 Å². The molecule has 0 aromatic carbocycles. The minimum Gasteiger partial charge on any atom is -0.463 e. The quantitative estimate of drug-likeness (QED) is 0.222. The second-order valence-electron chi connectivity index (χ2n) is 8.80. The molecule has 1 aliphatic heterocycles. The minimum absolute atomic E-state index is 0.0699. The first-order valence-corrected chi connectivity index (χ1v) is 12.4. The van der Waals surface area contributed by atoms with Crippen LogP contribution in [0.3, 0.4) is 0 Å². The first-order chi connectivity index (χ1) is 14.6. The van der Waals surface area contributed by atoms with Crippen molar-refractivity contribution in [3.63, 3.8) is 0 Å². The van der Waals surface area contributed by atoms with E-state index in [1.807, 2.05) is 0 Å². The number of aliphatic hydroxyl groups excluding tert-OH is 3. The summed E-state index contributed by atoms with van der Waals surface area (Å²) in [5.41, 5.74) is 0. The Bertz CT molecular complexity index is 417. The highest BCUT2D eigenvalue weighted by atomic mass is 16.6. The normalized spacial score (nSPS) is 24.1. The molecular formula is C24H46O6. The van der Waals surface area contributed by atoms with Crippen LogP contribution in [0.2, 0.25) is 0 Å². The van der Waals surface area contributed by atoms with Gasteiger partial charge in [0.15, 0.2) is 0 Å². The van der Waals surface area contributed by atoms with Crippen LogP contribution in [0.1, 0.15) is 110 Å². The van der Waals surface area contributed by atoms with E-state index in [-0.39, 0.29) is 19.2 Å². The van der Waals surface area contributed by atoms with Crippen LogP contribution in [0, 0.1) is 0 Å². The average Bonchev–Trinajstić information content (AvgIpc) is 2.74. The summed E-state index contributed by atoms with van der Waals surface area (Å²) in [6, 6.07) is 0. The monoisotopic (exact) mass is 430 g/mol. The van der Waals surface area contributed by atoms with Gasteiger partial charge in [0, 0.05) is 6.42 Å². The molecule has 0 amide bonds. The Balaban J connectivity index is 1.84. The summed E-state index contributed by atoms with van der Waals surface area (Å²) in [6.07, 6.45) is 15.2. The number of esters is 1. The summed E-state index contributed by atoms with van der Waals surface area (Å²) >= 11 is 0. The van der Waals surface area contributed by atoms with E-state index in [9.17, 15) is 20.1 Å². The molecule has 0 aromatic rings. The van der Waals surface area contributed by atoms with Gasteiger partial charge in [0.2, 0.25) is 0 Å². The number of rotatable bonds is 18. The van der Waals surface area contributed by atoms with Gasteiger partial charge in [-0.15, -0.1) is 0 Å². The van der Waals surface area contributed by atoms with E-state index in [1.165, 1.54) is 77.0 Å². The molecule has 4 atom stereocenters. The van der Waals surface area contributed by atoms with Gasteiger partial charge in [-0.2, -0.15) is 0 Å². The van der Waals surface area contributed by atoms with Gasteiger partial charge in [-0.3, -0.25) is 4.79 Å². The first kappa shape index (κ1) is 27.3. The van der Waals surface area contributed by atoms with Crippen LogP contribution >= 0.6 is 0 Å². The van der Waals surface area contributed by atoms with E-state index in [0.29, 0.717) is 6.42 Å². The molecule has 1 rings (SSSR count). The summed E-state index contributed by atoms with van der Waals surface area (Å²) in [6.45, 7) is 2.10. The summed E-state index contributed by atoms with van der Waals surface area (Å²) in [7, 11) is 0. The van der Waals surface area contributed by atoms with Crippen LogP contribution in [-0.4, -0.2) is 58.9 Å². The molecule has 178 valence electrons. The highest BCUT2D eigenvalue weighted by Crippen LogP contribution is 2.17. The molecule has 0 aliphatic carbocycles. The Labute approximate surface area is 183 Å². The Kier molecular flexibility index (Phi) is 16.3. The third-order valence-electron chi connectivity index (χ3n) is 6.00. The Hall–Kier alpha value is -0.690. The van der Waals surface area contributed by atoms with E-state index >= 15 is 0 Å². The lowest BCUT2D eigenvalue weighted by Crippen LogP contribution is -2.54. The molecule has 0 unspecified atom stereocenters. The molecule has 0 bridgehead atoms. The van der Waals surface area contributed by atoms with Crippen LogP contribution in [0.25, 0.3) is 0 Å². The van der Waals surface area contributed by atoms with E-state index in [0.717, 1.165) is 19.3 Å². The number of carbonyl (C=O) groups excluding carboxylic acids is 1. The van der Waals surface area contributed by atoms with Crippen molar-refractivity contribution in [3.8, 4) is 0 Å². The predicted octanol–water partition coefficient (Wildman–Crippen LogP) is 4.27. The first-order valence-electron chi connectivity index (χ1n) is 12.4. The fourth-order valence-corrected chi connectivity index (χ4v) is 3.90. The van der Waals surface area contributed by atoms with Crippen molar-refractivity contribution in [2.75, 3.05) is 13.2 Å². The lowest BCUT2D eigenvalue weighted by Gasteiger charge is -2.34. The summed E-state index contributed by atoms with van der Waals surface area (Å²) < 4.78 is 10.4. The molecule has 3 N–H and O–H groups in total. The average molecular weight is 431 g/mol. The van der Waals surface area contributed by atoms with Crippen molar-refractivity contribution in [2.45, 2.75) is 134 Å².